The van der Waals surface area contributed by atoms with Gasteiger partial charge in [0.05, 0.1) is 18.4 Å². The van der Waals surface area contributed by atoms with E-state index in [9.17, 15) is 9.59 Å². The topological polar surface area (TPSA) is 90.8 Å². The van der Waals surface area contributed by atoms with E-state index in [1.165, 1.54) is 12.3 Å². The van der Waals surface area contributed by atoms with Crippen molar-refractivity contribution < 1.29 is 28.2 Å². The van der Waals surface area contributed by atoms with Crippen molar-refractivity contribution in [1.29, 1.82) is 0 Å². The molecule has 0 spiro atoms. The third kappa shape index (κ3) is 3.11. The van der Waals surface area contributed by atoms with Gasteiger partial charge in [0, 0.05) is 18.6 Å². The summed E-state index contributed by atoms with van der Waals surface area (Å²) in [6.07, 6.45) is -0.0281. The van der Waals surface area contributed by atoms with Gasteiger partial charge in [0.1, 0.15) is 5.69 Å². The number of ether oxygens (including phenoxy) is 3. The van der Waals surface area contributed by atoms with Crippen molar-refractivity contribution in [3.05, 3.63) is 24.1 Å². The highest BCUT2D eigenvalue weighted by Gasteiger charge is 2.20. The first-order valence-electron chi connectivity index (χ1n) is 6.24. The lowest BCUT2D eigenvalue weighted by atomic mass is 10.4. The van der Waals surface area contributed by atoms with Crippen molar-refractivity contribution in [2.45, 2.75) is 26.6 Å². The van der Waals surface area contributed by atoms with Crippen LogP contribution in [0.5, 0.6) is 0 Å². The van der Waals surface area contributed by atoms with Crippen LogP contribution in [0.25, 0.3) is 11.1 Å². The average molecular weight is 281 g/mol. The lowest BCUT2D eigenvalue weighted by Gasteiger charge is -2.15. The van der Waals surface area contributed by atoms with E-state index in [2.05, 4.69) is 9.72 Å². The maximum atomic E-state index is 11.9. The fourth-order valence-electron chi connectivity index (χ4n) is 1.59. The summed E-state index contributed by atoms with van der Waals surface area (Å²) in [5.41, 5.74) is 1.47. The van der Waals surface area contributed by atoms with Crippen LogP contribution >= 0.6 is 0 Å². The second-order valence-corrected chi connectivity index (χ2v) is 3.93. The average Bonchev–Trinajstić information content (AvgIpc) is 2.98. The van der Waals surface area contributed by atoms with Gasteiger partial charge < -0.3 is 23.6 Å². The Balaban J connectivity index is 1.98. The van der Waals surface area contributed by atoms with Gasteiger partial charge in [-0.05, 0) is 6.92 Å². The van der Waals surface area contributed by atoms with Gasteiger partial charge in [0.25, 0.3) is 6.29 Å². The highest BCUT2D eigenvalue weighted by Crippen LogP contribution is 2.17. The van der Waals surface area contributed by atoms with E-state index in [-0.39, 0.29) is 12.3 Å². The summed E-state index contributed by atoms with van der Waals surface area (Å²) in [6.45, 7) is 3.57. The van der Waals surface area contributed by atoms with Crippen LogP contribution in [-0.2, 0) is 14.2 Å². The minimum atomic E-state index is -0.990. The summed E-state index contributed by atoms with van der Waals surface area (Å²) in [6, 6.07) is 3.22. The Hall–Kier alpha value is -2.44. The maximum absolute atomic E-state index is 11.9. The molecule has 0 aliphatic carbocycles. The molecular formula is C13H15NO6. The fourth-order valence-corrected chi connectivity index (χ4v) is 1.59. The van der Waals surface area contributed by atoms with Crippen molar-refractivity contribution in [1.82, 2.24) is 4.98 Å². The Labute approximate surface area is 114 Å². The van der Waals surface area contributed by atoms with Crippen LogP contribution in [0.1, 0.15) is 30.8 Å². The standard InChI is InChI=1S/C13H15NO6/c1-3-11(20-13(16)17-4-2)19-12(15)9-7-10-8(14-9)5-6-18-10/h5-7,11,14H,3-4H2,1-2H3. The van der Waals surface area contributed by atoms with E-state index in [4.69, 9.17) is 13.9 Å². The first kappa shape index (κ1) is 14.0. The van der Waals surface area contributed by atoms with Crippen molar-refractivity contribution in [2.24, 2.45) is 0 Å². The number of hydrogen-bond acceptors (Lipinski definition) is 6. The van der Waals surface area contributed by atoms with Crippen LogP contribution < -0.4 is 0 Å². The van der Waals surface area contributed by atoms with Crippen LogP contribution in [0.15, 0.2) is 22.8 Å². The lowest BCUT2D eigenvalue weighted by molar-refractivity contribution is -0.0927. The van der Waals surface area contributed by atoms with Gasteiger partial charge in [-0.1, -0.05) is 6.92 Å². The lowest BCUT2D eigenvalue weighted by Crippen LogP contribution is -2.24. The molecule has 20 heavy (non-hydrogen) atoms. The molecule has 0 bridgehead atoms. The van der Waals surface area contributed by atoms with Crippen LogP contribution in [-0.4, -0.2) is 30.0 Å². The Morgan fingerprint density at radius 3 is 2.80 bits per heavy atom. The first-order chi connectivity index (χ1) is 9.63. The number of aromatic amines is 1. The molecule has 0 radical (unpaired) electrons. The molecule has 0 amide bonds. The first-order valence-corrected chi connectivity index (χ1v) is 6.24. The van der Waals surface area contributed by atoms with Crippen LogP contribution in [0, 0.1) is 0 Å². The molecule has 1 N–H and O–H groups in total. The van der Waals surface area contributed by atoms with E-state index < -0.39 is 18.4 Å². The summed E-state index contributed by atoms with van der Waals surface area (Å²) in [7, 11) is 0. The van der Waals surface area contributed by atoms with Gasteiger partial charge in [0.15, 0.2) is 5.58 Å². The molecule has 2 aromatic rings. The van der Waals surface area contributed by atoms with E-state index in [0.29, 0.717) is 17.5 Å². The molecule has 0 aliphatic rings. The van der Waals surface area contributed by atoms with Crippen molar-refractivity contribution in [3.8, 4) is 0 Å². The summed E-state index contributed by atoms with van der Waals surface area (Å²) in [5.74, 6) is -0.632. The Morgan fingerprint density at radius 1 is 1.35 bits per heavy atom. The highest BCUT2D eigenvalue weighted by molar-refractivity contribution is 5.93. The predicted octanol–water partition coefficient (Wildman–Crippen LogP) is 2.83. The number of nitrogens with one attached hydrogen (secondary N) is 1. The molecule has 1 unspecified atom stereocenters. The predicted molar refractivity (Wildman–Crippen MR) is 68.2 cm³/mol. The fraction of sp³-hybridized carbons (Fsp3) is 0.385. The molecule has 2 aromatic heterocycles. The SMILES string of the molecule is CCOC(=O)OC(CC)OC(=O)c1cc2occc2[nH]1. The van der Waals surface area contributed by atoms with Gasteiger partial charge in [-0.15, -0.1) is 0 Å². The number of carbonyl (C=O) groups excluding carboxylic acids is 2. The second-order valence-electron chi connectivity index (χ2n) is 3.93. The molecular weight excluding hydrogens is 266 g/mol. The minimum absolute atomic E-state index is 0.191. The Bertz CT molecular complexity index is 570. The monoisotopic (exact) mass is 281 g/mol. The smallest absolute Gasteiger partial charge is 0.463 e. The molecule has 2 rings (SSSR count). The zero-order valence-electron chi connectivity index (χ0n) is 11.2. The van der Waals surface area contributed by atoms with Gasteiger partial charge in [-0.2, -0.15) is 0 Å². The van der Waals surface area contributed by atoms with Crippen molar-refractivity contribution in [2.75, 3.05) is 6.61 Å². The number of carbonyl (C=O) groups is 2. The number of rotatable bonds is 5. The molecule has 0 aliphatic heterocycles. The molecule has 0 saturated carbocycles. The highest BCUT2D eigenvalue weighted by atomic mass is 16.8. The number of aromatic nitrogens is 1. The third-order valence-electron chi connectivity index (χ3n) is 2.52. The van der Waals surface area contributed by atoms with Crippen LogP contribution in [0.2, 0.25) is 0 Å². The number of fused-ring (bicyclic) bond motifs is 1. The summed E-state index contributed by atoms with van der Waals surface area (Å²) in [5, 5.41) is 0. The van der Waals surface area contributed by atoms with Crippen LogP contribution in [0.4, 0.5) is 4.79 Å². The van der Waals surface area contributed by atoms with Gasteiger partial charge >= 0.3 is 12.1 Å². The molecule has 0 aromatic carbocycles. The van der Waals surface area contributed by atoms with Crippen molar-refractivity contribution in [3.63, 3.8) is 0 Å². The molecule has 1 atom stereocenters. The van der Waals surface area contributed by atoms with Gasteiger partial charge in [-0.3, -0.25) is 0 Å². The zero-order chi connectivity index (χ0) is 14.5. The molecule has 7 heteroatoms. The molecule has 108 valence electrons. The quantitative estimate of drug-likeness (QED) is 0.669. The Morgan fingerprint density at radius 2 is 2.15 bits per heavy atom. The van der Waals surface area contributed by atoms with Crippen molar-refractivity contribution >= 4 is 23.2 Å². The normalized spacial score (nSPS) is 12.1. The molecule has 0 fully saturated rings. The minimum Gasteiger partial charge on any atom is -0.463 e. The molecule has 0 saturated heterocycles. The zero-order valence-corrected chi connectivity index (χ0v) is 11.2. The third-order valence-corrected chi connectivity index (χ3v) is 2.52. The number of H-pyrrole nitrogens is 1. The van der Waals surface area contributed by atoms with E-state index in [1.54, 1.807) is 19.9 Å². The summed E-state index contributed by atoms with van der Waals surface area (Å²) < 4.78 is 19.7. The largest absolute Gasteiger partial charge is 0.511 e. The second kappa shape index (κ2) is 6.14. The van der Waals surface area contributed by atoms with E-state index in [1.807, 2.05) is 0 Å². The van der Waals surface area contributed by atoms with Crippen LogP contribution in [0.3, 0.4) is 0 Å². The number of furan rings is 1. The van der Waals surface area contributed by atoms with Gasteiger partial charge in [-0.25, -0.2) is 9.59 Å². The summed E-state index contributed by atoms with van der Waals surface area (Å²) in [4.78, 5) is 25.9. The molecule has 7 nitrogen and oxygen atoms in total. The number of hydrogen-bond donors (Lipinski definition) is 1. The Kier molecular flexibility index (Phi) is 4.29. The summed E-state index contributed by atoms with van der Waals surface area (Å²) >= 11 is 0. The van der Waals surface area contributed by atoms with Gasteiger partial charge in [0.2, 0.25) is 0 Å². The van der Waals surface area contributed by atoms with E-state index in [0.717, 1.165) is 0 Å². The number of esters is 1. The maximum Gasteiger partial charge on any atom is 0.511 e. The van der Waals surface area contributed by atoms with E-state index >= 15 is 0 Å². The molecule has 2 heterocycles.